The monoisotopic (exact) mass is 276 g/mol. The van der Waals surface area contributed by atoms with E-state index in [-0.39, 0.29) is 11.8 Å². The van der Waals surface area contributed by atoms with Crippen LogP contribution in [0.1, 0.15) is 35.9 Å². The number of hydrogen-bond acceptors (Lipinski definition) is 4. The molecule has 1 aliphatic heterocycles. The number of hydrogen-bond donors (Lipinski definition) is 1. The molecule has 20 heavy (non-hydrogen) atoms. The van der Waals surface area contributed by atoms with E-state index < -0.39 is 0 Å². The molecule has 1 N–H and O–H groups in total. The van der Waals surface area contributed by atoms with Crippen LogP contribution in [0.25, 0.3) is 0 Å². The summed E-state index contributed by atoms with van der Waals surface area (Å²) < 4.78 is 0. The van der Waals surface area contributed by atoms with E-state index in [9.17, 15) is 9.59 Å². The van der Waals surface area contributed by atoms with Gasteiger partial charge in [0.15, 0.2) is 0 Å². The maximum absolute atomic E-state index is 11.8. The summed E-state index contributed by atoms with van der Waals surface area (Å²) in [6.07, 6.45) is 5.86. The topological polar surface area (TPSA) is 75.2 Å². The molecule has 0 aromatic carbocycles. The van der Waals surface area contributed by atoms with Gasteiger partial charge in [0.2, 0.25) is 5.91 Å². The molecule has 6 nitrogen and oxygen atoms in total. The second kappa shape index (κ2) is 6.45. The molecule has 2 heterocycles. The number of nitrogens with one attached hydrogen (secondary N) is 1. The lowest BCUT2D eigenvalue weighted by Crippen LogP contribution is -2.39. The summed E-state index contributed by atoms with van der Waals surface area (Å²) in [5.41, 5.74) is 1.09. The molecule has 2 rings (SSSR count). The molecule has 0 spiro atoms. The van der Waals surface area contributed by atoms with E-state index in [0.29, 0.717) is 23.7 Å². The van der Waals surface area contributed by atoms with Gasteiger partial charge in [0.1, 0.15) is 5.69 Å². The van der Waals surface area contributed by atoms with Crippen molar-refractivity contribution in [3.05, 3.63) is 23.8 Å². The molecular weight excluding hydrogens is 256 g/mol. The molecule has 2 amide bonds. The first-order valence-corrected chi connectivity index (χ1v) is 6.89. The van der Waals surface area contributed by atoms with Crippen LogP contribution in [0.15, 0.2) is 12.4 Å². The highest BCUT2D eigenvalue weighted by Crippen LogP contribution is 2.21. The van der Waals surface area contributed by atoms with Gasteiger partial charge in [-0.05, 0) is 25.2 Å². The lowest BCUT2D eigenvalue weighted by molar-refractivity contribution is -0.130. The summed E-state index contributed by atoms with van der Waals surface area (Å²) in [6, 6.07) is 0. The average molecular weight is 276 g/mol. The summed E-state index contributed by atoms with van der Waals surface area (Å²) in [6.45, 7) is 3.16. The van der Waals surface area contributed by atoms with Crippen LogP contribution in [-0.2, 0) is 11.2 Å². The number of aromatic nitrogens is 2. The Morgan fingerprint density at radius 1 is 1.40 bits per heavy atom. The molecule has 0 saturated carbocycles. The predicted molar refractivity (Wildman–Crippen MR) is 74.1 cm³/mol. The third-order valence-corrected chi connectivity index (χ3v) is 3.66. The summed E-state index contributed by atoms with van der Waals surface area (Å²) in [4.78, 5) is 33.5. The van der Waals surface area contributed by atoms with E-state index in [0.717, 1.165) is 25.9 Å². The van der Waals surface area contributed by atoms with Gasteiger partial charge in [-0.2, -0.15) is 0 Å². The fraction of sp³-hybridized carbons (Fsp3) is 0.571. The van der Waals surface area contributed by atoms with E-state index in [1.807, 2.05) is 4.90 Å². The van der Waals surface area contributed by atoms with Gasteiger partial charge in [0.25, 0.3) is 5.91 Å². The SMILES string of the molecule is CNC(=O)c1nccnc1C[C@@H]1CCCN(C(C)=O)C1. The minimum atomic E-state index is -0.215. The second-order valence-corrected chi connectivity index (χ2v) is 5.11. The van der Waals surface area contributed by atoms with Crippen molar-refractivity contribution in [1.82, 2.24) is 20.2 Å². The van der Waals surface area contributed by atoms with Gasteiger partial charge < -0.3 is 10.2 Å². The molecule has 6 heteroatoms. The van der Waals surface area contributed by atoms with E-state index in [4.69, 9.17) is 0 Å². The smallest absolute Gasteiger partial charge is 0.271 e. The number of likely N-dealkylation sites (tertiary alicyclic amines) is 1. The number of carbonyl (C=O) groups is 2. The van der Waals surface area contributed by atoms with Gasteiger partial charge in [-0.15, -0.1) is 0 Å². The fourth-order valence-corrected chi connectivity index (χ4v) is 2.62. The molecule has 1 aromatic rings. The molecule has 0 bridgehead atoms. The van der Waals surface area contributed by atoms with Crippen molar-refractivity contribution < 1.29 is 9.59 Å². The number of piperidine rings is 1. The Labute approximate surface area is 118 Å². The number of nitrogens with zero attached hydrogens (tertiary/aromatic N) is 3. The van der Waals surface area contributed by atoms with Crippen molar-refractivity contribution in [1.29, 1.82) is 0 Å². The Balaban J connectivity index is 2.10. The van der Waals surface area contributed by atoms with Gasteiger partial charge >= 0.3 is 0 Å². The number of amides is 2. The Bertz CT molecular complexity index is 504. The van der Waals surface area contributed by atoms with Gasteiger partial charge in [-0.1, -0.05) is 0 Å². The van der Waals surface area contributed by atoms with Crippen molar-refractivity contribution in [3.8, 4) is 0 Å². The van der Waals surface area contributed by atoms with E-state index in [1.165, 1.54) is 6.20 Å². The van der Waals surface area contributed by atoms with Crippen LogP contribution in [-0.4, -0.2) is 46.8 Å². The van der Waals surface area contributed by atoms with Crippen molar-refractivity contribution >= 4 is 11.8 Å². The first kappa shape index (κ1) is 14.4. The Hall–Kier alpha value is -1.98. The van der Waals surface area contributed by atoms with Crippen molar-refractivity contribution in [2.75, 3.05) is 20.1 Å². The molecule has 1 aliphatic rings. The number of rotatable bonds is 3. The zero-order valence-electron chi connectivity index (χ0n) is 11.9. The molecule has 108 valence electrons. The molecule has 1 fully saturated rings. The average Bonchev–Trinajstić information content (AvgIpc) is 2.47. The largest absolute Gasteiger partial charge is 0.354 e. The standard InChI is InChI=1S/C14H20N4O2/c1-10(19)18-7-3-4-11(9-18)8-12-13(14(20)15-2)17-6-5-16-12/h5-6,11H,3-4,7-9H2,1-2H3,(H,15,20)/t11-/m0/s1. The molecule has 0 radical (unpaired) electrons. The van der Waals surface area contributed by atoms with E-state index in [2.05, 4.69) is 15.3 Å². The van der Waals surface area contributed by atoms with Gasteiger partial charge in [0, 0.05) is 39.5 Å². The third kappa shape index (κ3) is 3.31. The van der Waals surface area contributed by atoms with Crippen LogP contribution < -0.4 is 5.32 Å². The summed E-state index contributed by atoms with van der Waals surface area (Å²) >= 11 is 0. The second-order valence-electron chi connectivity index (χ2n) is 5.11. The minimum absolute atomic E-state index is 0.111. The van der Waals surface area contributed by atoms with Crippen LogP contribution in [0, 0.1) is 5.92 Å². The van der Waals surface area contributed by atoms with Crippen molar-refractivity contribution in [2.24, 2.45) is 5.92 Å². The number of carbonyl (C=O) groups excluding carboxylic acids is 2. The zero-order valence-corrected chi connectivity index (χ0v) is 11.9. The third-order valence-electron chi connectivity index (χ3n) is 3.66. The maximum Gasteiger partial charge on any atom is 0.271 e. The lowest BCUT2D eigenvalue weighted by atomic mass is 9.92. The zero-order chi connectivity index (χ0) is 14.5. The first-order chi connectivity index (χ1) is 9.61. The van der Waals surface area contributed by atoms with Crippen LogP contribution in [0.3, 0.4) is 0 Å². The molecule has 1 atom stereocenters. The Morgan fingerprint density at radius 2 is 2.15 bits per heavy atom. The van der Waals surface area contributed by atoms with E-state index in [1.54, 1.807) is 20.2 Å². The van der Waals surface area contributed by atoms with Crippen molar-refractivity contribution in [3.63, 3.8) is 0 Å². The summed E-state index contributed by atoms with van der Waals surface area (Å²) in [5, 5.41) is 2.58. The Morgan fingerprint density at radius 3 is 2.85 bits per heavy atom. The van der Waals surface area contributed by atoms with Gasteiger partial charge in [-0.3, -0.25) is 14.6 Å². The van der Waals surface area contributed by atoms with E-state index >= 15 is 0 Å². The predicted octanol–water partition coefficient (Wildman–Crippen LogP) is 0.637. The first-order valence-electron chi connectivity index (χ1n) is 6.89. The van der Waals surface area contributed by atoms with Crippen molar-refractivity contribution in [2.45, 2.75) is 26.2 Å². The minimum Gasteiger partial charge on any atom is -0.354 e. The molecule has 1 saturated heterocycles. The Kier molecular flexibility index (Phi) is 4.65. The molecule has 1 aromatic heterocycles. The molecule has 0 aliphatic carbocycles. The quantitative estimate of drug-likeness (QED) is 0.879. The maximum atomic E-state index is 11.8. The molecular formula is C14H20N4O2. The highest BCUT2D eigenvalue weighted by Gasteiger charge is 2.24. The summed E-state index contributed by atoms with van der Waals surface area (Å²) in [5.74, 6) is 0.237. The summed E-state index contributed by atoms with van der Waals surface area (Å²) in [7, 11) is 1.58. The highest BCUT2D eigenvalue weighted by atomic mass is 16.2. The van der Waals surface area contributed by atoms with Gasteiger partial charge in [-0.25, -0.2) is 4.98 Å². The van der Waals surface area contributed by atoms with Crippen LogP contribution in [0.4, 0.5) is 0 Å². The van der Waals surface area contributed by atoms with Crippen LogP contribution >= 0.6 is 0 Å². The van der Waals surface area contributed by atoms with Gasteiger partial charge in [0.05, 0.1) is 5.69 Å². The molecule has 0 unspecified atom stereocenters. The van der Waals surface area contributed by atoms with Crippen LogP contribution in [0.5, 0.6) is 0 Å². The normalized spacial score (nSPS) is 18.7. The lowest BCUT2D eigenvalue weighted by Gasteiger charge is -2.32. The highest BCUT2D eigenvalue weighted by molar-refractivity contribution is 5.93. The fourth-order valence-electron chi connectivity index (χ4n) is 2.62. The van der Waals surface area contributed by atoms with Crippen LogP contribution in [0.2, 0.25) is 0 Å².